The second-order valence-electron chi connectivity index (χ2n) is 8.24. The maximum atomic E-state index is 12.5. The van der Waals surface area contributed by atoms with Crippen molar-refractivity contribution < 1.29 is 14.3 Å². The number of piperidine rings is 1. The fraction of sp³-hybridized carbons (Fsp3) is 0.522. The highest BCUT2D eigenvalue weighted by molar-refractivity contribution is 5.93. The summed E-state index contributed by atoms with van der Waals surface area (Å²) in [5.74, 6) is 1.96. The Hall–Kier alpha value is -2.67. The van der Waals surface area contributed by atoms with E-state index in [1.807, 2.05) is 24.3 Å². The number of aromatic nitrogens is 2. The minimum absolute atomic E-state index is 0.181. The summed E-state index contributed by atoms with van der Waals surface area (Å²) in [5, 5.41) is 2.93. The summed E-state index contributed by atoms with van der Waals surface area (Å²) in [6.07, 6.45) is 7.95. The van der Waals surface area contributed by atoms with E-state index in [4.69, 9.17) is 9.47 Å². The van der Waals surface area contributed by atoms with Gasteiger partial charge in [0.25, 0.3) is 5.91 Å². The van der Waals surface area contributed by atoms with Crippen LogP contribution in [0.3, 0.4) is 0 Å². The van der Waals surface area contributed by atoms with E-state index in [1.165, 1.54) is 6.42 Å². The average molecular weight is 411 g/mol. The monoisotopic (exact) mass is 410 g/mol. The summed E-state index contributed by atoms with van der Waals surface area (Å²) in [7, 11) is 0. The first-order valence-electron chi connectivity index (χ1n) is 10.9. The molecule has 3 heterocycles. The van der Waals surface area contributed by atoms with Crippen LogP contribution in [0.25, 0.3) is 0 Å². The molecule has 0 radical (unpaired) electrons. The molecular weight excluding hydrogens is 380 g/mol. The van der Waals surface area contributed by atoms with Gasteiger partial charge in [-0.3, -0.25) is 4.79 Å². The zero-order valence-electron chi connectivity index (χ0n) is 17.5. The second kappa shape index (κ2) is 9.89. The predicted octanol–water partition coefficient (Wildman–Crippen LogP) is 3.20. The van der Waals surface area contributed by atoms with Gasteiger partial charge in [-0.25, -0.2) is 9.97 Å². The third kappa shape index (κ3) is 5.48. The van der Waals surface area contributed by atoms with Crippen molar-refractivity contribution in [1.82, 2.24) is 15.3 Å². The summed E-state index contributed by atoms with van der Waals surface area (Å²) in [6, 6.07) is 7.78. The summed E-state index contributed by atoms with van der Waals surface area (Å²) in [6.45, 7) is 5.99. The Bertz CT molecular complexity index is 837. The minimum Gasteiger partial charge on any atom is -0.491 e. The van der Waals surface area contributed by atoms with Crippen LogP contribution in [0.1, 0.15) is 48.5 Å². The number of nitrogens with zero attached hydrogens (tertiary/aromatic N) is 3. The first kappa shape index (κ1) is 20.6. The number of carbonyl (C=O) groups excluding carboxylic acids is 1. The summed E-state index contributed by atoms with van der Waals surface area (Å²) in [4.78, 5) is 23.5. The van der Waals surface area contributed by atoms with Gasteiger partial charge in [-0.2, -0.15) is 0 Å². The van der Waals surface area contributed by atoms with Gasteiger partial charge in [0.15, 0.2) is 0 Å². The molecule has 1 amide bonds. The molecule has 2 saturated heterocycles. The molecule has 1 aromatic heterocycles. The molecule has 1 aromatic carbocycles. The lowest BCUT2D eigenvalue weighted by Crippen LogP contribution is -2.35. The maximum absolute atomic E-state index is 12.5. The van der Waals surface area contributed by atoms with Gasteiger partial charge in [0.2, 0.25) is 5.95 Å². The number of rotatable bonds is 7. The van der Waals surface area contributed by atoms with Crippen molar-refractivity contribution in [3.63, 3.8) is 0 Å². The van der Waals surface area contributed by atoms with E-state index < -0.39 is 0 Å². The Morgan fingerprint density at radius 3 is 2.90 bits per heavy atom. The van der Waals surface area contributed by atoms with Crippen molar-refractivity contribution in [2.45, 2.75) is 45.3 Å². The Kier molecular flexibility index (Phi) is 6.79. The number of amides is 1. The van der Waals surface area contributed by atoms with Crippen molar-refractivity contribution in [2.24, 2.45) is 5.92 Å². The van der Waals surface area contributed by atoms with Gasteiger partial charge in [-0.1, -0.05) is 19.1 Å². The highest BCUT2D eigenvalue weighted by Gasteiger charge is 2.19. The van der Waals surface area contributed by atoms with Crippen LogP contribution in [0.2, 0.25) is 0 Å². The third-order valence-electron chi connectivity index (χ3n) is 5.65. The van der Waals surface area contributed by atoms with Crippen LogP contribution in [0.4, 0.5) is 5.95 Å². The van der Waals surface area contributed by atoms with Gasteiger partial charge >= 0.3 is 0 Å². The standard InChI is InChI=1S/C23H30N4O3/c1-17-5-3-9-27(15-17)23-25-13-19(14-26-23)22(28)24-12-18-6-2-7-20(11-18)30-16-21-8-4-10-29-21/h2,6-7,11,13-14,17,21H,3-5,8-10,12,15-16H2,1H3,(H,24,28)/t17-,21-/m1/s1. The molecule has 160 valence electrons. The smallest absolute Gasteiger partial charge is 0.254 e. The molecule has 7 nitrogen and oxygen atoms in total. The molecular formula is C23H30N4O3. The molecule has 0 saturated carbocycles. The molecule has 2 fully saturated rings. The Morgan fingerprint density at radius 2 is 2.13 bits per heavy atom. The normalized spacial score (nSPS) is 21.4. The predicted molar refractivity (Wildman–Crippen MR) is 115 cm³/mol. The number of hydrogen-bond acceptors (Lipinski definition) is 6. The molecule has 2 aromatic rings. The lowest BCUT2D eigenvalue weighted by Gasteiger charge is -2.30. The van der Waals surface area contributed by atoms with Crippen LogP contribution in [0.5, 0.6) is 5.75 Å². The summed E-state index contributed by atoms with van der Waals surface area (Å²) >= 11 is 0. The molecule has 0 spiro atoms. The van der Waals surface area contributed by atoms with E-state index in [0.29, 0.717) is 30.6 Å². The highest BCUT2D eigenvalue weighted by Crippen LogP contribution is 2.20. The van der Waals surface area contributed by atoms with E-state index in [0.717, 1.165) is 50.3 Å². The quantitative estimate of drug-likeness (QED) is 0.755. The average Bonchev–Trinajstić information content (AvgIpc) is 3.30. The van der Waals surface area contributed by atoms with Crippen LogP contribution in [0, 0.1) is 5.92 Å². The van der Waals surface area contributed by atoms with Crippen molar-refractivity contribution in [2.75, 3.05) is 31.2 Å². The molecule has 4 rings (SSSR count). The number of hydrogen-bond donors (Lipinski definition) is 1. The van der Waals surface area contributed by atoms with Gasteiger partial charge in [-0.05, 0) is 49.3 Å². The molecule has 0 aliphatic carbocycles. The molecule has 7 heteroatoms. The van der Waals surface area contributed by atoms with E-state index in [9.17, 15) is 4.79 Å². The Balaban J connectivity index is 1.28. The van der Waals surface area contributed by atoms with Gasteiger partial charge in [0, 0.05) is 38.6 Å². The van der Waals surface area contributed by atoms with E-state index in [2.05, 4.69) is 27.1 Å². The fourth-order valence-electron chi connectivity index (χ4n) is 3.97. The summed E-state index contributed by atoms with van der Waals surface area (Å²) < 4.78 is 11.4. The van der Waals surface area contributed by atoms with E-state index >= 15 is 0 Å². The molecule has 2 aliphatic heterocycles. The van der Waals surface area contributed by atoms with Gasteiger partial charge in [0.1, 0.15) is 12.4 Å². The first-order valence-corrected chi connectivity index (χ1v) is 10.9. The molecule has 0 bridgehead atoms. The SMILES string of the molecule is C[C@@H]1CCCN(c2ncc(C(=O)NCc3cccc(OC[C@H]4CCCO4)c3)cn2)C1. The number of anilines is 1. The van der Waals surface area contributed by atoms with Gasteiger partial charge in [0.05, 0.1) is 11.7 Å². The lowest BCUT2D eigenvalue weighted by molar-refractivity contribution is 0.0679. The zero-order chi connectivity index (χ0) is 20.8. The highest BCUT2D eigenvalue weighted by atomic mass is 16.5. The number of ether oxygens (including phenoxy) is 2. The van der Waals surface area contributed by atoms with Gasteiger partial charge < -0.3 is 19.7 Å². The molecule has 2 aliphatic rings. The molecule has 30 heavy (non-hydrogen) atoms. The van der Waals surface area contributed by atoms with Crippen LogP contribution in [-0.4, -0.2) is 48.3 Å². The van der Waals surface area contributed by atoms with Crippen molar-refractivity contribution in [3.05, 3.63) is 47.8 Å². The first-order chi connectivity index (χ1) is 14.7. The summed E-state index contributed by atoms with van der Waals surface area (Å²) in [5.41, 5.74) is 1.45. The Morgan fingerprint density at radius 1 is 1.27 bits per heavy atom. The largest absolute Gasteiger partial charge is 0.491 e. The number of nitrogens with one attached hydrogen (secondary N) is 1. The topological polar surface area (TPSA) is 76.6 Å². The number of carbonyl (C=O) groups is 1. The van der Waals surface area contributed by atoms with Crippen LogP contribution >= 0.6 is 0 Å². The van der Waals surface area contributed by atoms with Crippen molar-refractivity contribution in [1.29, 1.82) is 0 Å². The van der Waals surface area contributed by atoms with Crippen molar-refractivity contribution >= 4 is 11.9 Å². The van der Waals surface area contributed by atoms with Crippen LogP contribution < -0.4 is 15.0 Å². The minimum atomic E-state index is -0.181. The zero-order valence-corrected chi connectivity index (χ0v) is 17.5. The fourth-order valence-corrected chi connectivity index (χ4v) is 3.97. The maximum Gasteiger partial charge on any atom is 0.254 e. The third-order valence-corrected chi connectivity index (χ3v) is 5.65. The molecule has 0 unspecified atom stereocenters. The molecule has 2 atom stereocenters. The van der Waals surface area contributed by atoms with Crippen molar-refractivity contribution in [3.8, 4) is 5.75 Å². The van der Waals surface area contributed by atoms with Crippen LogP contribution in [-0.2, 0) is 11.3 Å². The van der Waals surface area contributed by atoms with E-state index in [-0.39, 0.29) is 12.0 Å². The Labute approximate surface area is 177 Å². The molecule has 1 N–H and O–H groups in total. The lowest BCUT2D eigenvalue weighted by atomic mass is 10.0. The van der Waals surface area contributed by atoms with Crippen LogP contribution in [0.15, 0.2) is 36.7 Å². The van der Waals surface area contributed by atoms with E-state index in [1.54, 1.807) is 12.4 Å². The number of benzene rings is 1. The second-order valence-corrected chi connectivity index (χ2v) is 8.24. The van der Waals surface area contributed by atoms with Gasteiger partial charge in [-0.15, -0.1) is 0 Å².